The number of thiazole rings is 1. The summed E-state index contributed by atoms with van der Waals surface area (Å²) in [5.74, 6) is 0.996. The maximum absolute atomic E-state index is 12.7. The van der Waals surface area contributed by atoms with Crippen molar-refractivity contribution in [2.75, 3.05) is 33.3 Å². The number of nitriles is 1. The van der Waals surface area contributed by atoms with Gasteiger partial charge in [-0.25, -0.2) is 4.98 Å². The van der Waals surface area contributed by atoms with Crippen molar-refractivity contribution in [1.82, 2.24) is 14.8 Å². The van der Waals surface area contributed by atoms with Crippen molar-refractivity contribution in [3.8, 4) is 11.8 Å². The number of amides is 1. The van der Waals surface area contributed by atoms with Crippen LogP contribution in [-0.4, -0.2) is 54.0 Å². The normalized spacial score (nSPS) is 15.4. The number of aromatic nitrogens is 1. The molecule has 2 heterocycles. The number of para-hydroxylation sites is 1. The number of fused-ring (bicyclic) bond motifs is 1. The van der Waals surface area contributed by atoms with E-state index in [2.05, 4.69) is 22.0 Å². The third-order valence-electron chi connectivity index (χ3n) is 5.96. The van der Waals surface area contributed by atoms with E-state index >= 15 is 0 Å². The lowest BCUT2D eigenvalue weighted by Crippen LogP contribution is -2.49. The van der Waals surface area contributed by atoms with Crippen LogP contribution in [0.2, 0.25) is 0 Å². The molecule has 1 fully saturated rings. The van der Waals surface area contributed by atoms with Gasteiger partial charge < -0.3 is 9.64 Å². The number of unbranched alkanes of at least 4 members (excludes halogenated alkanes) is 1. The molecule has 1 aliphatic heterocycles. The molecule has 0 radical (unpaired) electrons. The van der Waals surface area contributed by atoms with Crippen LogP contribution in [0.4, 0.5) is 0 Å². The minimum Gasteiger partial charge on any atom is -0.497 e. The van der Waals surface area contributed by atoms with Crippen LogP contribution >= 0.6 is 11.3 Å². The first-order valence-electron chi connectivity index (χ1n) is 11.1. The molecule has 3 aromatic rings. The summed E-state index contributed by atoms with van der Waals surface area (Å²) in [4.78, 5) is 21.4. The maximum atomic E-state index is 12.7. The van der Waals surface area contributed by atoms with Gasteiger partial charge in [0.25, 0.3) is 0 Å². The van der Waals surface area contributed by atoms with E-state index in [0.29, 0.717) is 32.6 Å². The molecule has 166 valence electrons. The number of rotatable bonds is 8. The fourth-order valence-electron chi connectivity index (χ4n) is 4.12. The van der Waals surface area contributed by atoms with Crippen LogP contribution in [0, 0.1) is 11.3 Å². The Bertz CT molecular complexity index is 1050. The third kappa shape index (κ3) is 5.26. The van der Waals surface area contributed by atoms with Crippen LogP contribution in [-0.2, 0) is 11.2 Å². The molecule has 0 N–H and O–H groups in total. The second kappa shape index (κ2) is 10.6. The first kappa shape index (κ1) is 22.3. The maximum Gasteiger partial charge on any atom is 0.222 e. The van der Waals surface area contributed by atoms with Crippen molar-refractivity contribution in [3.63, 3.8) is 0 Å². The van der Waals surface area contributed by atoms with E-state index in [-0.39, 0.29) is 11.9 Å². The summed E-state index contributed by atoms with van der Waals surface area (Å²) in [5, 5.41) is 10.9. The lowest BCUT2D eigenvalue weighted by molar-refractivity contribution is -0.133. The molecule has 1 aliphatic rings. The van der Waals surface area contributed by atoms with Crippen molar-refractivity contribution < 1.29 is 9.53 Å². The summed E-state index contributed by atoms with van der Waals surface area (Å²) in [6.07, 6.45) is 3.35. The van der Waals surface area contributed by atoms with E-state index in [4.69, 9.17) is 4.74 Å². The Kier molecular flexibility index (Phi) is 7.35. The molecule has 1 amide bonds. The molecule has 32 heavy (non-hydrogen) atoms. The van der Waals surface area contributed by atoms with Gasteiger partial charge in [0.05, 0.1) is 28.4 Å². The number of carbonyl (C=O) groups excluding carboxylic acids is 1. The van der Waals surface area contributed by atoms with Gasteiger partial charge in [-0.2, -0.15) is 5.26 Å². The van der Waals surface area contributed by atoms with Crippen LogP contribution < -0.4 is 4.74 Å². The molecule has 6 nitrogen and oxygen atoms in total. The van der Waals surface area contributed by atoms with E-state index in [1.165, 1.54) is 4.70 Å². The Morgan fingerprint density at radius 2 is 1.88 bits per heavy atom. The molecule has 1 unspecified atom stereocenters. The highest BCUT2D eigenvalue weighted by molar-refractivity contribution is 7.18. The number of carbonyl (C=O) groups is 1. The topological polar surface area (TPSA) is 69.5 Å². The summed E-state index contributed by atoms with van der Waals surface area (Å²) in [7, 11) is 1.63. The van der Waals surface area contributed by atoms with Gasteiger partial charge >= 0.3 is 0 Å². The Balaban J connectivity index is 1.21. The number of hydrogen-bond acceptors (Lipinski definition) is 6. The zero-order chi connectivity index (χ0) is 22.3. The summed E-state index contributed by atoms with van der Waals surface area (Å²) in [5.41, 5.74) is 2.02. The average molecular weight is 449 g/mol. The Labute approximate surface area is 193 Å². The van der Waals surface area contributed by atoms with Crippen LogP contribution in [0.25, 0.3) is 10.2 Å². The predicted octanol–water partition coefficient (Wildman–Crippen LogP) is 4.43. The van der Waals surface area contributed by atoms with E-state index in [0.717, 1.165) is 41.1 Å². The SMILES string of the molecule is COc1ccc(C(C#N)N2CCN(C(=O)CCCCc3nc4ccccc4s3)CC2)cc1. The van der Waals surface area contributed by atoms with Gasteiger partial charge in [-0.1, -0.05) is 24.3 Å². The molecule has 2 aromatic carbocycles. The molecule has 1 aromatic heterocycles. The number of methoxy groups -OCH3 is 1. The second-order valence-corrected chi connectivity index (χ2v) is 9.12. The van der Waals surface area contributed by atoms with Gasteiger partial charge in [-0.15, -0.1) is 11.3 Å². The fourth-order valence-corrected chi connectivity index (χ4v) is 5.13. The van der Waals surface area contributed by atoms with Crippen molar-refractivity contribution in [3.05, 3.63) is 59.1 Å². The lowest BCUT2D eigenvalue weighted by atomic mass is 10.1. The number of benzene rings is 2. The Morgan fingerprint density at radius 1 is 1.12 bits per heavy atom. The zero-order valence-electron chi connectivity index (χ0n) is 18.4. The van der Waals surface area contributed by atoms with Gasteiger partial charge in [-0.3, -0.25) is 9.69 Å². The molecule has 1 atom stereocenters. The Morgan fingerprint density at radius 3 is 2.56 bits per heavy atom. The monoisotopic (exact) mass is 448 g/mol. The van der Waals surface area contributed by atoms with Gasteiger partial charge in [0.1, 0.15) is 11.8 Å². The number of nitrogens with zero attached hydrogens (tertiary/aromatic N) is 4. The van der Waals surface area contributed by atoms with Crippen LogP contribution in [0.5, 0.6) is 5.75 Å². The van der Waals surface area contributed by atoms with Gasteiger partial charge in [0, 0.05) is 32.6 Å². The molecular formula is C25H28N4O2S. The van der Waals surface area contributed by atoms with Crippen LogP contribution in [0.1, 0.15) is 35.9 Å². The smallest absolute Gasteiger partial charge is 0.222 e. The molecule has 0 spiro atoms. The summed E-state index contributed by atoms with van der Waals surface area (Å²) < 4.78 is 6.43. The van der Waals surface area contributed by atoms with Crippen LogP contribution in [0.15, 0.2) is 48.5 Å². The fraction of sp³-hybridized carbons (Fsp3) is 0.400. The molecule has 4 rings (SSSR count). The van der Waals surface area contributed by atoms with Gasteiger partial charge in [0.2, 0.25) is 5.91 Å². The van der Waals surface area contributed by atoms with Crippen molar-refractivity contribution in [2.24, 2.45) is 0 Å². The highest BCUT2D eigenvalue weighted by atomic mass is 32.1. The zero-order valence-corrected chi connectivity index (χ0v) is 19.2. The van der Waals surface area contributed by atoms with Crippen molar-refractivity contribution >= 4 is 27.5 Å². The van der Waals surface area contributed by atoms with E-state index in [9.17, 15) is 10.1 Å². The number of hydrogen-bond donors (Lipinski definition) is 0. The predicted molar refractivity (Wildman–Crippen MR) is 127 cm³/mol. The first-order chi connectivity index (χ1) is 15.7. The molecule has 7 heteroatoms. The minimum absolute atomic E-state index is 0.215. The minimum atomic E-state index is -0.299. The first-order valence-corrected chi connectivity index (χ1v) is 11.9. The quantitative estimate of drug-likeness (QED) is 0.477. The second-order valence-electron chi connectivity index (χ2n) is 8.00. The van der Waals surface area contributed by atoms with Crippen molar-refractivity contribution in [2.45, 2.75) is 31.7 Å². The lowest BCUT2D eigenvalue weighted by Gasteiger charge is -2.37. The molecule has 0 bridgehead atoms. The highest BCUT2D eigenvalue weighted by Crippen LogP contribution is 2.25. The number of aryl methyl sites for hydroxylation is 1. The van der Waals surface area contributed by atoms with Gasteiger partial charge in [-0.05, 0) is 49.1 Å². The summed E-state index contributed by atoms with van der Waals surface area (Å²) in [6.45, 7) is 2.76. The summed E-state index contributed by atoms with van der Waals surface area (Å²) in [6, 6.07) is 18.0. The molecule has 0 saturated carbocycles. The van der Waals surface area contributed by atoms with E-state index < -0.39 is 0 Å². The average Bonchev–Trinajstić information content (AvgIpc) is 3.26. The third-order valence-corrected chi connectivity index (χ3v) is 7.05. The number of piperazine rings is 1. The Hall–Kier alpha value is -2.95. The van der Waals surface area contributed by atoms with Crippen LogP contribution in [0.3, 0.4) is 0 Å². The molecule has 0 aliphatic carbocycles. The van der Waals surface area contributed by atoms with E-state index in [1.54, 1.807) is 18.4 Å². The molecular weight excluding hydrogens is 420 g/mol. The molecule has 1 saturated heterocycles. The van der Waals surface area contributed by atoms with E-state index in [1.807, 2.05) is 47.4 Å². The highest BCUT2D eigenvalue weighted by Gasteiger charge is 2.26. The van der Waals surface area contributed by atoms with Crippen molar-refractivity contribution in [1.29, 1.82) is 5.26 Å². The van der Waals surface area contributed by atoms with Gasteiger partial charge in [0.15, 0.2) is 0 Å². The standard InChI is InChI=1S/C25H28N4O2S/c1-31-20-12-10-19(11-13-20)22(18-26)28-14-16-29(17-15-28)25(30)9-5-4-8-24-27-21-6-2-3-7-23(21)32-24/h2-3,6-7,10-13,22H,4-5,8-9,14-17H2,1H3. The largest absolute Gasteiger partial charge is 0.497 e. The number of ether oxygens (including phenoxy) is 1. The summed E-state index contributed by atoms with van der Waals surface area (Å²) >= 11 is 1.74.